The van der Waals surface area contributed by atoms with Crippen LogP contribution in [-0.2, 0) is 4.79 Å². The lowest BCUT2D eigenvalue weighted by Crippen LogP contribution is -2.41. The Morgan fingerprint density at radius 3 is 2.81 bits per heavy atom. The summed E-state index contributed by atoms with van der Waals surface area (Å²) in [6.45, 7) is 2.85. The zero-order valence-corrected chi connectivity index (χ0v) is 21.6. The van der Waals surface area contributed by atoms with E-state index in [1.807, 2.05) is 36.0 Å². The summed E-state index contributed by atoms with van der Waals surface area (Å²) in [5.41, 5.74) is 1.41. The molecule has 0 aliphatic carbocycles. The molecule has 5 nitrogen and oxygen atoms in total. The first-order valence-corrected chi connectivity index (χ1v) is 13.7. The number of hydrogen-bond acceptors (Lipinski definition) is 5. The average Bonchev–Trinajstić information content (AvgIpc) is 2.91. The van der Waals surface area contributed by atoms with Crippen LogP contribution < -0.4 is 4.74 Å². The molecule has 1 saturated heterocycles. The largest absolute Gasteiger partial charge is 0.497 e. The summed E-state index contributed by atoms with van der Waals surface area (Å²) < 4.78 is 20.9. The number of alkyl halides is 1. The van der Waals surface area contributed by atoms with Crippen LogP contribution in [0.4, 0.5) is 4.39 Å². The van der Waals surface area contributed by atoms with Crippen molar-refractivity contribution in [3.8, 4) is 5.75 Å². The van der Waals surface area contributed by atoms with Crippen LogP contribution in [0.25, 0.3) is 10.9 Å². The van der Waals surface area contributed by atoms with Crippen molar-refractivity contribution in [1.82, 2.24) is 9.88 Å². The fourth-order valence-electron chi connectivity index (χ4n) is 5.25. The molecule has 4 rings (SSSR count). The maximum atomic E-state index is 15.5. The van der Waals surface area contributed by atoms with Crippen molar-refractivity contribution < 1.29 is 19.0 Å². The van der Waals surface area contributed by atoms with E-state index in [1.165, 1.54) is 4.90 Å². The van der Waals surface area contributed by atoms with Crippen molar-refractivity contribution in [2.75, 3.05) is 32.5 Å². The van der Waals surface area contributed by atoms with E-state index >= 15 is 4.39 Å². The Hall–Kier alpha value is -2.64. The first-order valence-electron chi connectivity index (χ1n) is 12.7. The number of pyridine rings is 1. The molecule has 3 atom stereocenters. The van der Waals surface area contributed by atoms with Gasteiger partial charge in [-0.2, -0.15) is 0 Å². The van der Waals surface area contributed by atoms with Crippen LogP contribution in [0.1, 0.15) is 43.8 Å². The average molecular weight is 511 g/mol. The molecule has 36 heavy (non-hydrogen) atoms. The standard InChI is InChI=1S/C29H35FN2O3S/c1-35-23-9-11-28-26(19-23)25(13-15-31-28)27(30)10-7-21-14-16-32(20-22(21)8-12-29(33)34)17-18-36-24-5-3-2-4-6-24/h2-6,9,11,13,15,19,21-22,27H,7-8,10,12,14,16-18,20H2,1H3,(H,33,34)/t21?,22?,27-/m0/s1. The van der Waals surface area contributed by atoms with Gasteiger partial charge in [-0.05, 0) is 86.0 Å². The molecule has 1 aromatic heterocycles. The quantitative estimate of drug-likeness (QED) is 0.276. The molecule has 7 heteroatoms. The summed E-state index contributed by atoms with van der Waals surface area (Å²) >= 11 is 1.85. The molecule has 0 bridgehead atoms. The van der Waals surface area contributed by atoms with Crippen molar-refractivity contribution in [2.24, 2.45) is 11.8 Å². The number of hydrogen-bond donors (Lipinski definition) is 1. The molecule has 2 aromatic carbocycles. The van der Waals surface area contributed by atoms with Gasteiger partial charge in [0.05, 0.1) is 12.6 Å². The van der Waals surface area contributed by atoms with Crippen LogP contribution in [0.3, 0.4) is 0 Å². The normalized spacial score (nSPS) is 19.3. The van der Waals surface area contributed by atoms with E-state index in [0.29, 0.717) is 30.1 Å². The summed E-state index contributed by atoms with van der Waals surface area (Å²) in [7, 11) is 1.61. The number of piperidine rings is 1. The van der Waals surface area contributed by atoms with Gasteiger partial charge >= 0.3 is 5.97 Å². The van der Waals surface area contributed by atoms with Crippen molar-refractivity contribution in [2.45, 2.75) is 43.2 Å². The number of halogens is 1. The number of likely N-dealkylation sites (tertiary alicyclic amines) is 1. The zero-order chi connectivity index (χ0) is 25.3. The first-order chi connectivity index (χ1) is 17.5. The van der Waals surface area contributed by atoms with Gasteiger partial charge in [-0.25, -0.2) is 4.39 Å². The van der Waals surface area contributed by atoms with Gasteiger partial charge in [0.25, 0.3) is 0 Å². The molecule has 1 N–H and O–H groups in total. The number of aliphatic carboxylic acids is 1. The monoisotopic (exact) mass is 510 g/mol. The molecular weight excluding hydrogens is 475 g/mol. The molecule has 3 aromatic rings. The zero-order valence-electron chi connectivity index (χ0n) is 20.8. The highest BCUT2D eigenvalue weighted by atomic mass is 32.2. The summed E-state index contributed by atoms with van der Waals surface area (Å²) in [6.07, 6.45) is 3.55. The van der Waals surface area contributed by atoms with Crippen LogP contribution in [-0.4, -0.2) is 53.5 Å². The van der Waals surface area contributed by atoms with E-state index in [-0.39, 0.29) is 12.3 Å². The minimum absolute atomic E-state index is 0.168. The van der Waals surface area contributed by atoms with Gasteiger partial charge in [-0.15, -0.1) is 11.8 Å². The fourth-order valence-corrected chi connectivity index (χ4v) is 6.18. The van der Waals surface area contributed by atoms with Gasteiger partial charge in [-0.3, -0.25) is 9.78 Å². The van der Waals surface area contributed by atoms with Gasteiger partial charge in [0.15, 0.2) is 0 Å². The Morgan fingerprint density at radius 1 is 1.19 bits per heavy atom. The van der Waals surface area contributed by atoms with Crippen LogP contribution in [0.5, 0.6) is 5.75 Å². The number of ether oxygens (including phenoxy) is 1. The van der Waals surface area contributed by atoms with Gasteiger partial charge in [0.1, 0.15) is 11.9 Å². The number of thioether (sulfide) groups is 1. The highest BCUT2D eigenvalue weighted by Gasteiger charge is 2.30. The van der Waals surface area contributed by atoms with E-state index in [4.69, 9.17) is 4.74 Å². The van der Waals surface area contributed by atoms with E-state index in [2.05, 4.69) is 34.1 Å². The number of fused-ring (bicyclic) bond motifs is 1. The summed E-state index contributed by atoms with van der Waals surface area (Å²) in [5.74, 6) is 1.55. The second-order valence-corrected chi connectivity index (χ2v) is 10.7. The number of rotatable bonds is 12. The SMILES string of the molecule is COc1ccc2nccc([C@@H](F)CCC3CCN(CCSc4ccccc4)CC3CCC(=O)O)c2c1. The van der Waals surface area contributed by atoms with Crippen molar-refractivity contribution in [3.63, 3.8) is 0 Å². The highest BCUT2D eigenvalue weighted by molar-refractivity contribution is 7.99. The Morgan fingerprint density at radius 2 is 2.03 bits per heavy atom. The van der Waals surface area contributed by atoms with E-state index in [1.54, 1.807) is 19.4 Å². The predicted octanol–water partition coefficient (Wildman–Crippen LogP) is 6.63. The molecule has 2 unspecified atom stereocenters. The molecule has 192 valence electrons. The lowest BCUT2D eigenvalue weighted by molar-refractivity contribution is -0.137. The maximum absolute atomic E-state index is 15.5. The molecule has 2 heterocycles. The van der Waals surface area contributed by atoms with E-state index in [0.717, 1.165) is 49.1 Å². The lowest BCUT2D eigenvalue weighted by atomic mass is 9.79. The molecular formula is C29H35FN2O3S. The molecule has 1 aliphatic rings. The van der Waals surface area contributed by atoms with Gasteiger partial charge in [0, 0.05) is 41.7 Å². The number of carboxylic acids is 1. The Kier molecular flexibility index (Phi) is 9.59. The smallest absolute Gasteiger partial charge is 0.303 e. The maximum Gasteiger partial charge on any atom is 0.303 e. The van der Waals surface area contributed by atoms with Crippen LogP contribution in [0, 0.1) is 11.8 Å². The fraction of sp³-hybridized carbons (Fsp3) is 0.448. The van der Waals surface area contributed by atoms with Crippen molar-refractivity contribution in [3.05, 3.63) is 66.4 Å². The molecule has 0 saturated carbocycles. The number of carbonyl (C=O) groups is 1. The van der Waals surface area contributed by atoms with E-state index in [9.17, 15) is 9.90 Å². The summed E-state index contributed by atoms with van der Waals surface area (Å²) in [4.78, 5) is 19.4. The Labute approximate surface area is 217 Å². The topological polar surface area (TPSA) is 62.7 Å². The third-order valence-corrected chi connectivity index (χ3v) is 8.23. The molecule has 1 aliphatic heterocycles. The van der Waals surface area contributed by atoms with Gasteiger partial charge < -0.3 is 14.7 Å². The minimum Gasteiger partial charge on any atom is -0.497 e. The van der Waals surface area contributed by atoms with E-state index < -0.39 is 12.1 Å². The third-order valence-electron chi connectivity index (χ3n) is 7.23. The minimum atomic E-state index is -1.09. The van der Waals surface area contributed by atoms with Gasteiger partial charge in [0.2, 0.25) is 0 Å². The highest BCUT2D eigenvalue weighted by Crippen LogP contribution is 2.36. The summed E-state index contributed by atoms with van der Waals surface area (Å²) in [5, 5.41) is 10.1. The second-order valence-electron chi connectivity index (χ2n) is 9.53. The molecule has 0 amide bonds. The number of benzene rings is 2. The third kappa shape index (κ3) is 7.20. The molecule has 0 radical (unpaired) electrons. The lowest BCUT2D eigenvalue weighted by Gasteiger charge is -2.39. The molecule has 0 spiro atoms. The number of aromatic nitrogens is 1. The Balaban J connectivity index is 1.35. The van der Waals surface area contributed by atoms with Crippen molar-refractivity contribution in [1.29, 1.82) is 0 Å². The number of nitrogens with zero attached hydrogens (tertiary/aromatic N) is 2. The van der Waals surface area contributed by atoms with Gasteiger partial charge in [-0.1, -0.05) is 18.2 Å². The van der Waals surface area contributed by atoms with Crippen molar-refractivity contribution >= 4 is 28.6 Å². The van der Waals surface area contributed by atoms with Crippen LogP contribution in [0.15, 0.2) is 65.7 Å². The number of methoxy groups -OCH3 is 1. The first kappa shape index (κ1) is 26.4. The predicted molar refractivity (Wildman–Crippen MR) is 143 cm³/mol. The molecule has 1 fully saturated rings. The Bertz CT molecular complexity index is 1130. The number of carboxylic acid groups (broad SMARTS) is 1. The summed E-state index contributed by atoms with van der Waals surface area (Å²) in [6, 6.07) is 17.7. The van der Waals surface area contributed by atoms with Crippen LogP contribution >= 0.6 is 11.8 Å². The van der Waals surface area contributed by atoms with Crippen LogP contribution in [0.2, 0.25) is 0 Å². The second kappa shape index (κ2) is 13.1.